The Morgan fingerprint density at radius 2 is 1.51 bits per heavy atom. The van der Waals surface area contributed by atoms with Crippen molar-refractivity contribution in [3.8, 4) is 0 Å². The number of nitrogens with zero attached hydrogens (tertiary/aromatic N) is 1. The van der Waals surface area contributed by atoms with Crippen molar-refractivity contribution in [3.05, 3.63) is 65.0 Å². The van der Waals surface area contributed by atoms with Gasteiger partial charge in [-0.05, 0) is 86.8 Å². The molecule has 1 N–H and O–H groups in total. The van der Waals surface area contributed by atoms with Gasteiger partial charge in [-0.1, -0.05) is 40.8 Å². The number of sulfone groups is 1. The fraction of sp³-hybridized carbons (Fsp3) is 0.548. The molecule has 0 unspecified atom stereocenters. The van der Waals surface area contributed by atoms with E-state index in [0.29, 0.717) is 16.9 Å². The van der Waals surface area contributed by atoms with Crippen LogP contribution in [0.5, 0.6) is 0 Å². The molecule has 2 aromatic rings. The average molecular weight is 808 g/mol. The van der Waals surface area contributed by atoms with Gasteiger partial charge in [-0.25, -0.2) is 17.2 Å². The van der Waals surface area contributed by atoms with Crippen LogP contribution in [0.15, 0.2) is 47.4 Å². The lowest BCUT2D eigenvalue weighted by atomic mass is 9.68. The maximum absolute atomic E-state index is 15.0. The van der Waals surface area contributed by atoms with E-state index >= 15 is 4.39 Å². The summed E-state index contributed by atoms with van der Waals surface area (Å²) < 4.78 is 138. The van der Waals surface area contributed by atoms with Gasteiger partial charge in [0.15, 0.2) is 9.84 Å². The van der Waals surface area contributed by atoms with E-state index in [-0.39, 0.29) is 73.6 Å². The Morgan fingerprint density at radius 1 is 0.915 bits per heavy atom. The first-order valence-electron chi connectivity index (χ1n) is 14.8. The summed E-state index contributed by atoms with van der Waals surface area (Å²) in [6.07, 6.45) is -12.1. The molecule has 6 nitrogen and oxygen atoms in total. The van der Waals surface area contributed by atoms with Gasteiger partial charge < -0.3 is 10.0 Å². The molecule has 0 aromatic heterocycles. The van der Waals surface area contributed by atoms with Gasteiger partial charge in [-0.2, -0.15) is 26.3 Å². The zero-order valence-corrected chi connectivity index (χ0v) is 27.6. The first kappa shape index (κ1) is 35.8. The number of halogens is 9. The summed E-state index contributed by atoms with van der Waals surface area (Å²) in [7, 11) is -4.61. The second kappa shape index (κ2) is 12.1. The van der Waals surface area contributed by atoms with Crippen LogP contribution in [0.4, 0.5) is 35.1 Å². The highest BCUT2D eigenvalue weighted by atomic mass is 127. The van der Waals surface area contributed by atoms with Gasteiger partial charge in [0.25, 0.3) is 0 Å². The number of amides is 1. The number of alkyl halides is 8. The van der Waals surface area contributed by atoms with Gasteiger partial charge >= 0.3 is 24.0 Å². The van der Waals surface area contributed by atoms with E-state index in [1.165, 1.54) is 4.90 Å². The number of aliphatic carboxylic acids is 1. The summed E-state index contributed by atoms with van der Waals surface area (Å²) in [6, 6.07) is 4.10. The Kier molecular flexibility index (Phi) is 9.23. The van der Waals surface area contributed by atoms with Crippen LogP contribution in [0.2, 0.25) is 0 Å². The second-order valence-electron chi connectivity index (χ2n) is 12.5. The van der Waals surface area contributed by atoms with Gasteiger partial charge in [-0.15, -0.1) is 0 Å². The van der Waals surface area contributed by atoms with Crippen molar-refractivity contribution in [2.75, 3.05) is 11.0 Å². The van der Waals surface area contributed by atoms with Crippen LogP contribution in [0.1, 0.15) is 61.6 Å². The molecule has 1 saturated heterocycles. The smallest absolute Gasteiger partial charge is 0.435 e. The third-order valence-corrected chi connectivity index (χ3v) is 13.4. The normalized spacial score (nSPS) is 26.9. The van der Waals surface area contributed by atoms with E-state index in [1.54, 1.807) is 0 Å². The molecule has 2 fully saturated rings. The number of hydrogen-bond acceptors (Lipinski definition) is 4. The largest absolute Gasteiger partial charge is 0.481 e. The van der Waals surface area contributed by atoms with Crippen LogP contribution < -0.4 is 0 Å². The molecule has 0 radical (unpaired) electrons. The predicted molar refractivity (Wildman–Crippen MR) is 161 cm³/mol. The lowest BCUT2D eigenvalue weighted by molar-refractivity contribution is -0.348. The standard InChI is InChI=1S/C31H30F8INO5S/c32-21-3-5-22(6-4-21)47(45,46)28-14-16-41(25(42)18-9-11-27(12-10-18,13-15-40)26(43)44)24(28)8-1-19-17-20(2-7-23(19)28)29(33,30(34,35)36)31(37,38)39/h2-7,17-18,24H,1,8-16H2,(H,43,44)/t18?,24-,27?,28-/m1/s1. The maximum atomic E-state index is 15.0. The third-order valence-electron chi connectivity index (χ3n) is 10.3. The highest BCUT2D eigenvalue weighted by Gasteiger charge is 2.74. The summed E-state index contributed by atoms with van der Waals surface area (Å²) in [6.45, 7) is -0.127. The number of likely N-dealkylation sites (tertiary alicyclic amines) is 1. The number of carboxylic acids is 1. The topological polar surface area (TPSA) is 91.8 Å². The minimum atomic E-state index is -6.37. The number of carbonyl (C=O) groups is 2. The molecule has 3 aliphatic rings. The molecule has 2 aromatic carbocycles. The number of hydrogen-bond donors (Lipinski definition) is 1. The summed E-state index contributed by atoms with van der Waals surface area (Å²) in [5.41, 5.74) is -8.85. The Bertz CT molecular complexity index is 1640. The van der Waals surface area contributed by atoms with Crippen molar-refractivity contribution >= 4 is 44.3 Å². The molecule has 0 bridgehead atoms. The van der Waals surface area contributed by atoms with Crippen molar-refractivity contribution in [1.29, 1.82) is 0 Å². The lowest BCUT2D eigenvalue weighted by Gasteiger charge is -2.44. The Labute approximate surface area is 278 Å². The molecule has 1 heterocycles. The fourth-order valence-electron chi connectivity index (χ4n) is 7.72. The Balaban J connectivity index is 1.59. The van der Waals surface area contributed by atoms with Crippen LogP contribution in [0, 0.1) is 17.2 Å². The van der Waals surface area contributed by atoms with E-state index in [0.717, 1.165) is 30.3 Å². The average Bonchev–Trinajstić information content (AvgIpc) is 3.41. The van der Waals surface area contributed by atoms with Crippen LogP contribution >= 0.6 is 22.6 Å². The number of carboxylic acid groups (broad SMARTS) is 1. The summed E-state index contributed by atoms with van der Waals surface area (Å²) in [4.78, 5) is 27.1. The van der Waals surface area contributed by atoms with Gasteiger partial charge in [0.1, 0.15) is 10.6 Å². The van der Waals surface area contributed by atoms with Crippen molar-refractivity contribution < 1.29 is 58.2 Å². The van der Waals surface area contributed by atoms with Crippen LogP contribution in [-0.4, -0.2) is 59.7 Å². The van der Waals surface area contributed by atoms with E-state index in [9.17, 15) is 53.8 Å². The molecule has 2 aliphatic carbocycles. The fourth-order valence-corrected chi connectivity index (χ4v) is 11.1. The molecule has 1 amide bonds. The second-order valence-corrected chi connectivity index (χ2v) is 15.8. The van der Waals surface area contributed by atoms with Gasteiger partial charge in [0.2, 0.25) is 5.91 Å². The molecule has 5 rings (SSSR count). The molecule has 258 valence electrons. The SMILES string of the molecule is O=C(C1CCC(CCI)(C(=O)O)CC1)N1CC[C@@]2(S(=O)(=O)c3ccc(F)cc3)c3ccc(C(F)(C(F)(F)F)C(F)(F)F)cc3CC[C@@H]12. The van der Waals surface area contributed by atoms with Crippen molar-refractivity contribution in [1.82, 2.24) is 4.90 Å². The van der Waals surface area contributed by atoms with E-state index < -0.39 is 73.2 Å². The van der Waals surface area contributed by atoms with Crippen molar-refractivity contribution in [2.45, 2.75) is 85.1 Å². The zero-order chi connectivity index (χ0) is 34.8. The number of fused-ring (bicyclic) bond motifs is 3. The van der Waals surface area contributed by atoms with E-state index in [4.69, 9.17) is 0 Å². The van der Waals surface area contributed by atoms with Gasteiger partial charge in [0, 0.05) is 22.5 Å². The number of benzene rings is 2. The van der Waals surface area contributed by atoms with Crippen LogP contribution in [-0.2, 0) is 36.3 Å². The molecule has 0 spiro atoms. The molecule has 1 aliphatic heterocycles. The third kappa shape index (κ3) is 5.52. The van der Waals surface area contributed by atoms with Crippen LogP contribution in [0.3, 0.4) is 0 Å². The minimum absolute atomic E-state index is 0.127. The molecule has 47 heavy (non-hydrogen) atoms. The first-order valence-corrected chi connectivity index (χ1v) is 17.8. The van der Waals surface area contributed by atoms with Crippen molar-refractivity contribution in [3.63, 3.8) is 0 Å². The molecule has 1 saturated carbocycles. The van der Waals surface area contributed by atoms with Gasteiger partial charge in [0.05, 0.1) is 16.4 Å². The number of carbonyl (C=O) groups excluding carboxylic acids is 1. The maximum Gasteiger partial charge on any atom is 0.435 e. The highest BCUT2D eigenvalue weighted by molar-refractivity contribution is 14.1. The highest BCUT2D eigenvalue weighted by Crippen LogP contribution is 2.57. The summed E-state index contributed by atoms with van der Waals surface area (Å²) >= 11 is 2.08. The Hall–Kier alpha value is -2.50. The van der Waals surface area contributed by atoms with E-state index in [2.05, 4.69) is 22.6 Å². The molecular weight excluding hydrogens is 777 g/mol. The van der Waals surface area contributed by atoms with Crippen molar-refractivity contribution in [2.24, 2.45) is 11.3 Å². The zero-order valence-electron chi connectivity index (χ0n) is 24.6. The molecular formula is C31H30F8INO5S. The van der Waals surface area contributed by atoms with Crippen LogP contribution in [0.25, 0.3) is 0 Å². The monoisotopic (exact) mass is 807 g/mol. The van der Waals surface area contributed by atoms with Gasteiger partial charge in [-0.3, -0.25) is 9.59 Å². The Morgan fingerprint density at radius 3 is 2.04 bits per heavy atom. The molecule has 16 heteroatoms. The molecule has 2 atom stereocenters. The summed E-state index contributed by atoms with van der Waals surface area (Å²) in [5.74, 6) is -2.76. The first-order chi connectivity index (χ1) is 21.8. The lowest BCUT2D eigenvalue weighted by Crippen LogP contribution is -2.54. The number of rotatable bonds is 7. The summed E-state index contributed by atoms with van der Waals surface area (Å²) in [5, 5.41) is 9.87. The predicted octanol–water partition coefficient (Wildman–Crippen LogP) is 7.42. The quantitative estimate of drug-likeness (QED) is 0.136. The minimum Gasteiger partial charge on any atom is -0.481 e. The van der Waals surface area contributed by atoms with E-state index in [1.807, 2.05) is 0 Å². The number of aryl methyl sites for hydroxylation is 1.